The van der Waals surface area contributed by atoms with Crippen molar-refractivity contribution in [2.45, 2.75) is 51.6 Å². The van der Waals surface area contributed by atoms with Gasteiger partial charge >= 0.3 is 12.0 Å². The van der Waals surface area contributed by atoms with Gasteiger partial charge in [0.05, 0.1) is 12.5 Å². The van der Waals surface area contributed by atoms with Crippen LogP contribution in [0.4, 0.5) is 4.79 Å². The number of thioether (sulfide) groups is 1. The maximum Gasteiger partial charge on any atom is 0.320 e. The van der Waals surface area contributed by atoms with Crippen molar-refractivity contribution in [3.8, 4) is 0 Å². The molecule has 0 aromatic carbocycles. The average Bonchev–Trinajstić information content (AvgIpc) is 3.23. The molecule has 1 N–H and O–H groups in total. The highest BCUT2D eigenvalue weighted by atomic mass is 32.2. The number of aliphatic carboxylic acids is 1. The van der Waals surface area contributed by atoms with Crippen LogP contribution >= 0.6 is 11.8 Å². The van der Waals surface area contributed by atoms with Crippen LogP contribution in [0.1, 0.15) is 39.5 Å². The summed E-state index contributed by atoms with van der Waals surface area (Å²) >= 11 is 1.74. The lowest BCUT2D eigenvalue weighted by atomic mass is 10.1. The standard InChI is InChI=1S/C15H26N2O3S/c1-11(2)5-6-16(12-3-4-12)15(20)17-7-8-21-10-13(17)9-14(18)19/h11-13H,3-10H2,1-2H3,(H,18,19). The van der Waals surface area contributed by atoms with Gasteiger partial charge in [-0.1, -0.05) is 13.8 Å². The number of nitrogens with zero attached hydrogens (tertiary/aromatic N) is 2. The zero-order valence-corrected chi connectivity index (χ0v) is 13.8. The molecule has 2 fully saturated rings. The van der Waals surface area contributed by atoms with Crippen molar-refractivity contribution >= 4 is 23.8 Å². The van der Waals surface area contributed by atoms with Crippen LogP contribution in [0.2, 0.25) is 0 Å². The molecule has 1 saturated carbocycles. The minimum atomic E-state index is -0.819. The Hall–Kier alpha value is -0.910. The van der Waals surface area contributed by atoms with Crippen molar-refractivity contribution in [3.05, 3.63) is 0 Å². The van der Waals surface area contributed by atoms with E-state index < -0.39 is 5.97 Å². The lowest BCUT2D eigenvalue weighted by Crippen LogP contribution is -2.53. The summed E-state index contributed by atoms with van der Waals surface area (Å²) in [5.41, 5.74) is 0. The van der Waals surface area contributed by atoms with Gasteiger partial charge in [0.15, 0.2) is 0 Å². The Morgan fingerprint density at radius 1 is 1.38 bits per heavy atom. The predicted molar refractivity (Wildman–Crippen MR) is 84.7 cm³/mol. The number of carbonyl (C=O) groups is 2. The first kappa shape index (κ1) is 16.5. The van der Waals surface area contributed by atoms with E-state index in [0.29, 0.717) is 18.5 Å². The SMILES string of the molecule is CC(C)CCN(C(=O)N1CCSCC1CC(=O)O)C1CC1. The minimum absolute atomic E-state index is 0.0570. The first-order valence-corrected chi connectivity index (χ1v) is 9.01. The van der Waals surface area contributed by atoms with Gasteiger partial charge in [-0.3, -0.25) is 4.79 Å². The van der Waals surface area contributed by atoms with E-state index >= 15 is 0 Å². The summed E-state index contributed by atoms with van der Waals surface area (Å²) in [6.45, 7) is 5.80. The summed E-state index contributed by atoms with van der Waals surface area (Å²) < 4.78 is 0. The molecule has 1 heterocycles. The Labute approximate surface area is 131 Å². The van der Waals surface area contributed by atoms with Crippen molar-refractivity contribution < 1.29 is 14.7 Å². The second-order valence-electron chi connectivity index (χ2n) is 6.41. The van der Waals surface area contributed by atoms with Crippen LogP contribution in [0.5, 0.6) is 0 Å². The van der Waals surface area contributed by atoms with Gasteiger partial charge in [0, 0.05) is 30.6 Å². The van der Waals surface area contributed by atoms with Gasteiger partial charge in [-0.25, -0.2) is 4.79 Å². The van der Waals surface area contributed by atoms with Crippen LogP contribution in [0.3, 0.4) is 0 Å². The molecule has 1 aliphatic carbocycles. The molecule has 21 heavy (non-hydrogen) atoms. The molecule has 1 saturated heterocycles. The number of hydrogen-bond acceptors (Lipinski definition) is 3. The first-order valence-electron chi connectivity index (χ1n) is 7.85. The van der Waals surface area contributed by atoms with Gasteiger partial charge in [-0.2, -0.15) is 11.8 Å². The van der Waals surface area contributed by atoms with E-state index in [1.807, 2.05) is 9.80 Å². The lowest BCUT2D eigenvalue weighted by molar-refractivity contribution is -0.138. The van der Waals surface area contributed by atoms with Crippen molar-refractivity contribution in [1.82, 2.24) is 9.80 Å². The summed E-state index contributed by atoms with van der Waals surface area (Å²) in [7, 11) is 0. The largest absolute Gasteiger partial charge is 0.481 e. The summed E-state index contributed by atoms with van der Waals surface area (Å²) in [5, 5.41) is 9.04. The van der Waals surface area contributed by atoms with Gasteiger partial charge in [0.25, 0.3) is 0 Å². The van der Waals surface area contributed by atoms with Crippen molar-refractivity contribution in [2.75, 3.05) is 24.6 Å². The fourth-order valence-corrected chi connectivity index (χ4v) is 3.72. The maximum absolute atomic E-state index is 12.8. The molecule has 1 unspecified atom stereocenters. The molecule has 0 radical (unpaired) electrons. The van der Waals surface area contributed by atoms with E-state index in [9.17, 15) is 9.59 Å². The van der Waals surface area contributed by atoms with E-state index in [-0.39, 0.29) is 18.5 Å². The van der Waals surface area contributed by atoms with Gasteiger partial charge < -0.3 is 14.9 Å². The van der Waals surface area contributed by atoms with E-state index in [0.717, 1.165) is 37.3 Å². The van der Waals surface area contributed by atoms with Crippen molar-refractivity contribution in [3.63, 3.8) is 0 Å². The van der Waals surface area contributed by atoms with E-state index in [2.05, 4.69) is 13.8 Å². The molecule has 120 valence electrons. The first-order chi connectivity index (χ1) is 9.99. The number of carbonyl (C=O) groups excluding carboxylic acids is 1. The molecule has 0 bridgehead atoms. The number of urea groups is 1. The van der Waals surface area contributed by atoms with E-state index in [1.54, 1.807) is 11.8 Å². The fraction of sp³-hybridized carbons (Fsp3) is 0.867. The number of amides is 2. The van der Waals surface area contributed by atoms with Crippen molar-refractivity contribution in [2.24, 2.45) is 5.92 Å². The van der Waals surface area contributed by atoms with Crippen LogP contribution in [-0.4, -0.2) is 63.6 Å². The molecule has 1 aliphatic heterocycles. The van der Waals surface area contributed by atoms with Gasteiger partial charge in [0.2, 0.25) is 0 Å². The molecular weight excluding hydrogens is 288 g/mol. The predicted octanol–water partition coefficient (Wildman–Crippen LogP) is 2.51. The van der Waals surface area contributed by atoms with Crippen LogP contribution in [0, 0.1) is 5.92 Å². The van der Waals surface area contributed by atoms with Crippen LogP contribution in [0.25, 0.3) is 0 Å². The molecule has 0 spiro atoms. The van der Waals surface area contributed by atoms with Crippen LogP contribution in [0.15, 0.2) is 0 Å². The van der Waals surface area contributed by atoms with Gasteiger partial charge in [-0.15, -0.1) is 0 Å². The Morgan fingerprint density at radius 2 is 2.10 bits per heavy atom. The molecule has 1 atom stereocenters. The number of hydrogen-bond donors (Lipinski definition) is 1. The zero-order chi connectivity index (χ0) is 15.4. The van der Waals surface area contributed by atoms with E-state index in [4.69, 9.17) is 5.11 Å². The smallest absolute Gasteiger partial charge is 0.320 e. The molecule has 2 aliphatic rings. The Balaban J connectivity index is 2.00. The highest BCUT2D eigenvalue weighted by Crippen LogP contribution is 2.30. The molecule has 2 rings (SSSR count). The summed E-state index contributed by atoms with van der Waals surface area (Å²) in [6.07, 6.45) is 3.25. The van der Waals surface area contributed by atoms with Crippen molar-refractivity contribution in [1.29, 1.82) is 0 Å². The molecule has 5 nitrogen and oxygen atoms in total. The number of rotatable bonds is 6. The maximum atomic E-state index is 12.8. The number of carboxylic acids is 1. The Bertz CT molecular complexity index is 385. The normalized spacial score (nSPS) is 22.4. The summed E-state index contributed by atoms with van der Waals surface area (Å²) in [4.78, 5) is 27.6. The van der Waals surface area contributed by atoms with Gasteiger partial charge in [-0.05, 0) is 25.2 Å². The zero-order valence-electron chi connectivity index (χ0n) is 13.0. The Morgan fingerprint density at radius 3 is 2.67 bits per heavy atom. The molecule has 0 aromatic rings. The lowest BCUT2D eigenvalue weighted by Gasteiger charge is -2.38. The third-order valence-electron chi connectivity index (χ3n) is 4.06. The van der Waals surface area contributed by atoms with Gasteiger partial charge in [0.1, 0.15) is 0 Å². The molecule has 0 aromatic heterocycles. The topological polar surface area (TPSA) is 60.9 Å². The van der Waals surface area contributed by atoms with Crippen LogP contribution in [-0.2, 0) is 4.79 Å². The second-order valence-corrected chi connectivity index (χ2v) is 7.56. The molecular formula is C15H26N2O3S. The highest BCUT2D eigenvalue weighted by molar-refractivity contribution is 7.99. The molecule has 2 amide bonds. The monoisotopic (exact) mass is 314 g/mol. The third kappa shape index (κ3) is 4.80. The summed E-state index contributed by atoms with van der Waals surface area (Å²) in [5.74, 6) is 1.40. The third-order valence-corrected chi connectivity index (χ3v) is 5.16. The van der Waals surface area contributed by atoms with Crippen LogP contribution < -0.4 is 0 Å². The minimum Gasteiger partial charge on any atom is -0.481 e. The quantitative estimate of drug-likeness (QED) is 0.818. The molecule has 6 heteroatoms. The second kappa shape index (κ2) is 7.38. The summed E-state index contributed by atoms with van der Waals surface area (Å²) in [6, 6.07) is 0.287. The van der Waals surface area contributed by atoms with E-state index in [1.165, 1.54) is 0 Å². The fourth-order valence-electron chi connectivity index (χ4n) is 2.66. The Kier molecular flexibility index (Phi) is 5.79. The average molecular weight is 314 g/mol. The highest BCUT2D eigenvalue weighted by Gasteiger charge is 2.38. The number of carboxylic acid groups (broad SMARTS) is 1.